The van der Waals surface area contributed by atoms with Crippen LogP contribution >= 0.6 is 11.3 Å². The summed E-state index contributed by atoms with van der Waals surface area (Å²) in [6.07, 6.45) is 3.36. The number of rotatable bonds is 5. The van der Waals surface area contributed by atoms with Gasteiger partial charge < -0.3 is 5.32 Å². The third kappa shape index (κ3) is 3.71. The molecule has 2 heterocycles. The fraction of sp³-hybridized carbons (Fsp3) is 0.217. The Labute approximate surface area is 168 Å². The fourth-order valence-electron chi connectivity index (χ4n) is 3.20. The summed E-state index contributed by atoms with van der Waals surface area (Å²) in [5.41, 5.74) is 7.52. The molecular weight excluding hydrogens is 366 g/mol. The van der Waals surface area contributed by atoms with Gasteiger partial charge in [0.05, 0.1) is 12.1 Å². The molecule has 0 bridgehead atoms. The molecule has 0 aliphatic rings. The maximum atomic E-state index is 12.5. The van der Waals surface area contributed by atoms with Crippen LogP contribution in [0, 0.1) is 13.8 Å². The van der Waals surface area contributed by atoms with Gasteiger partial charge in [-0.1, -0.05) is 37.3 Å². The molecule has 4 nitrogen and oxygen atoms in total. The lowest BCUT2D eigenvalue weighted by molar-refractivity contribution is -0.115. The maximum absolute atomic E-state index is 12.5. The highest BCUT2D eigenvalue weighted by atomic mass is 32.1. The number of anilines is 1. The number of benzene rings is 2. The van der Waals surface area contributed by atoms with E-state index in [-0.39, 0.29) is 5.91 Å². The van der Waals surface area contributed by atoms with Crippen molar-refractivity contribution in [1.82, 2.24) is 9.38 Å². The van der Waals surface area contributed by atoms with Crippen LogP contribution in [0.1, 0.15) is 29.3 Å². The fourth-order valence-corrected chi connectivity index (χ4v) is 4.07. The average molecular weight is 390 g/mol. The van der Waals surface area contributed by atoms with E-state index >= 15 is 0 Å². The van der Waals surface area contributed by atoms with E-state index < -0.39 is 0 Å². The zero-order valence-electron chi connectivity index (χ0n) is 16.3. The number of carbonyl (C=O) groups excluding carboxylic acids is 1. The predicted molar refractivity (Wildman–Crippen MR) is 116 cm³/mol. The molecule has 1 amide bonds. The van der Waals surface area contributed by atoms with Crippen LogP contribution in [-0.4, -0.2) is 15.3 Å². The van der Waals surface area contributed by atoms with Crippen LogP contribution in [0.5, 0.6) is 0 Å². The number of imidazole rings is 1. The molecule has 0 saturated carbocycles. The van der Waals surface area contributed by atoms with Crippen molar-refractivity contribution in [2.75, 3.05) is 5.32 Å². The lowest BCUT2D eigenvalue weighted by atomic mass is 10.1. The molecule has 2 aromatic carbocycles. The summed E-state index contributed by atoms with van der Waals surface area (Å²) in [4.78, 5) is 18.2. The Morgan fingerprint density at radius 2 is 1.89 bits per heavy atom. The van der Waals surface area contributed by atoms with E-state index in [1.165, 1.54) is 16.7 Å². The molecule has 0 saturated heterocycles. The van der Waals surface area contributed by atoms with E-state index in [0.29, 0.717) is 6.42 Å². The molecule has 0 aliphatic heterocycles. The minimum atomic E-state index is -0.0227. The maximum Gasteiger partial charge on any atom is 0.230 e. The van der Waals surface area contributed by atoms with E-state index in [9.17, 15) is 4.79 Å². The van der Waals surface area contributed by atoms with E-state index in [1.807, 2.05) is 41.1 Å². The summed E-state index contributed by atoms with van der Waals surface area (Å²) in [5.74, 6) is -0.0227. The van der Waals surface area contributed by atoms with Crippen LogP contribution in [0.3, 0.4) is 0 Å². The summed E-state index contributed by atoms with van der Waals surface area (Å²) in [7, 11) is 0. The van der Waals surface area contributed by atoms with Crippen molar-refractivity contribution >= 4 is 27.9 Å². The van der Waals surface area contributed by atoms with Gasteiger partial charge in [-0.15, -0.1) is 11.3 Å². The minimum absolute atomic E-state index is 0.0227. The van der Waals surface area contributed by atoms with Gasteiger partial charge in [0.1, 0.15) is 0 Å². The largest absolute Gasteiger partial charge is 0.326 e. The number of nitrogens with zero attached hydrogens (tertiary/aromatic N) is 2. The number of carbonyl (C=O) groups is 1. The normalized spacial score (nSPS) is 11.1. The SMILES string of the molecule is CCc1ccc(-c2cn3c(CC(=O)Nc4ccc(C)c(C)c4)csc3n2)cc1. The third-order valence-electron chi connectivity index (χ3n) is 5.07. The Hall–Kier alpha value is -2.92. The quantitative estimate of drug-likeness (QED) is 0.495. The first-order chi connectivity index (χ1) is 13.5. The highest BCUT2D eigenvalue weighted by Gasteiger charge is 2.13. The molecular formula is C23H23N3OS. The molecule has 0 fully saturated rings. The zero-order chi connectivity index (χ0) is 19.7. The van der Waals surface area contributed by atoms with Gasteiger partial charge in [-0.2, -0.15) is 0 Å². The smallest absolute Gasteiger partial charge is 0.230 e. The first-order valence-electron chi connectivity index (χ1n) is 9.45. The standard InChI is InChI=1S/C23H23N3OS/c1-4-17-6-8-18(9-7-17)21-13-26-20(14-28-23(26)25-21)12-22(27)24-19-10-5-15(2)16(3)11-19/h5-11,13-14H,4,12H2,1-3H3,(H,24,27). The molecule has 0 unspecified atom stereocenters. The second-order valence-electron chi connectivity index (χ2n) is 7.08. The number of nitrogens with one attached hydrogen (secondary N) is 1. The molecule has 5 heteroatoms. The molecule has 4 aromatic rings. The Balaban J connectivity index is 1.53. The monoisotopic (exact) mass is 389 g/mol. The minimum Gasteiger partial charge on any atom is -0.326 e. The van der Waals surface area contributed by atoms with Gasteiger partial charge in [-0.05, 0) is 49.1 Å². The van der Waals surface area contributed by atoms with Crippen LogP contribution in [-0.2, 0) is 17.6 Å². The summed E-state index contributed by atoms with van der Waals surface area (Å²) < 4.78 is 2.02. The van der Waals surface area contributed by atoms with Crippen molar-refractivity contribution in [2.24, 2.45) is 0 Å². The Morgan fingerprint density at radius 1 is 1.11 bits per heavy atom. The summed E-state index contributed by atoms with van der Waals surface area (Å²) >= 11 is 1.56. The lowest BCUT2D eigenvalue weighted by Crippen LogP contribution is -2.15. The Bertz CT molecular complexity index is 1140. The number of hydrogen-bond acceptors (Lipinski definition) is 3. The third-order valence-corrected chi connectivity index (χ3v) is 5.96. The molecule has 0 atom stereocenters. The van der Waals surface area contributed by atoms with Gasteiger partial charge in [0.15, 0.2) is 4.96 Å². The van der Waals surface area contributed by atoms with E-state index in [0.717, 1.165) is 34.0 Å². The van der Waals surface area contributed by atoms with Crippen LogP contribution < -0.4 is 5.32 Å². The molecule has 1 N–H and O–H groups in total. The second-order valence-corrected chi connectivity index (χ2v) is 7.92. The Kier molecular flexibility index (Phi) is 5.01. The van der Waals surface area contributed by atoms with E-state index in [2.05, 4.69) is 43.4 Å². The van der Waals surface area contributed by atoms with Gasteiger partial charge in [0.2, 0.25) is 5.91 Å². The number of aromatic nitrogens is 2. The molecule has 28 heavy (non-hydrogen) atoms. The Morgan fingerprint density at radius 3 is 2.61 bits per heavy atom. The van der Waals surface area contributed by atoms with Crippen LogP contribution in [0.2, 0.25) is 0 Å². The van der Waals surface area contributed by atoms with Gasteiger partial charge in [-0.25, -0.2) is 4.98 Å². The topological polar surface area (TPSA) is 46.4 Å². The first kappa shape index (κ1) is 18.4. The number of fused-ring (bicyclic) bond motifs is 1. The summed E-state index contributed by atoms with van der Waals surface area (Å²) in [6.45, 7) is 6.26. The second kappa shape index (κ2) is 7.60. The van der Waals surface area contributed by atoms with Crippen molar-refractivity contribution in [1.29, 1.82) is 0 Å². The molecule has 0 aliphatic carbocycles. The molecule has 0 spiro atoms. The lowest BCUT2D eigenvalue weighted by Gasteiger charge is -2.07. The molecule has 4 rings (SSSR count). The highest BCUT2D eigenvalue weighted by molar-refractivity contribution is 7.15. The zero-order valence-corrected chi connectivity index (χ0v) is 17.1. The molecule has 142 valence electrons. The number of amides is 1. The predicted octanol–water partition coefficient (Wildman–Crippen LogP) is 5.42. The number of hydrogen-bond donors (Lipinski definition) is 1. The molecule has 0 radical (unpaired) electrons. The van der Waals surface area contributed by atoms with Crippen molar-refractivity contribution in [3.8, 4) is 11.3 Å². The van der Waals surface area contributed by atoms with Gasteiger partial charge in [0, 0.05) is 28.5 Å². The highest BCUT2D eigenvalue weighted by Crippen LogP contribution is 2.24. The number of aryl methyl sites for hydroxylation is 3. The average Bonchev–Trinajstić information content (AvgIpc) is 3.27. The van der Waals surface area contributed by atoms with Crippen LogP contribution in [0.25, 0.3) is 16.2 Å². The van der Waals surface area contributed by atoms with Gasteiger partial charge in [0.25, 0.3) is 0 Å². The van der Waals surface area contributed by atoms with Crippen molar-refractivity contribution < 1.29 is 4.79 Å². The molecule has 2 aromatic heterocycles. The summed E-state index contributed by atoms with van der Waals surface area (Å²) in [6, 6.07) is 14.5. The number of thiazole rings is 1. The van der Waals surface area contributed by atoms with E-state index in [4.69, 9.17) is 4.98 Å². The first-order valence-corrected chi connectivity index (χ1v) is 10.3. The van der Waals surface area contributed by atoms with E-state index in [1.54, 1.807) is 11.3 Å². The van der Waals surface area contributed by atoms with Gasteiger partial charge in [-0.3, -0.25) is 9.20 Å². The van der Waals surface area contributed by atoms with Crippen molar-refractivity contribution in [3.63, 3.8) is 0 Å². The van der Waals surface area contributed by atoms with Crippen LogP contribution in [0.15, 0.2) is 54.0 Å². The summed E-state index contributed by atoms with van der Waals surface area (Å²) in [5, 5.41) is 5.00. The van der Waals surface area contributed by atoms with Crippen LogP contribution in [0.4, 0.5) is 5.69 Å². The van der Waals surface area contributed by atoms with Crippen molar-refractivity contribution in [2.45, 2.75) is 33.6 Å². The van der Waals surface area contributed by atoms with Crippen molar-refractivity contribution in [3.05, 3.63) is 76.4 Å². The van der Waals surface area contributed by atoms with Gasteiger partial charge >= 0.3 is 0 Å².